The van der Waals surface area contributed by atoms with Gasteiger partial charge in [0.15, 0.2) is 0 Å². The van der Waals surface area contributed by atoms with E-state index in [2.05, 4.69) is 10.6 Å². The summed E-state index contributed by atoms with van der Waals surface area (Å²) < 4.78 is 0. The van der Waals surface area contributed by atoms with Gasteiger partial charge in [0, 0.05) is 13.5 Å². The minimum atomic E-state index is 0.129. The van der Waals surface area contributed by atoms with Crippen LogP contribution >= 0.6 is 0 Å². The standard InChI is InChI=1S/C14H26N2O/c1-12(17)16-11-14(7-3-2-4-8-14)13-5-9-15-10-6-13/h13,15H,2-11H2,1H3,(H,16,17). The number of amides is 1. The Bertz CT molecular complexity index is 253. The number of carbonyl (C=O) groups is 1. The third-order valence-corrected chi connectivity index (χ3v) is 4.74. The number of rotatable bonds is 3. The highest BCUT2D eigenvalue weighted by molar-refractivity contribution is 5.72. The SMILES string of the molecule is CC(=O)NCC1(C2CCNCC2)CCCCC1. The van der Waals surface area contributed by atoms with Crippen LogP contribution in [0.3, 0.4) is 0 Å². The maximum atomic E-state index is 11.2. The third-order valence-electron chi connectivity index (χ3n) is 4.74. The lowest BCUT2D eigenvalue weighted by Crippen LogP contribution is -2.46. The fourth-order valence-electron chi connectivity index (χ4n) is 3.72. The second-order valence-corrected chi connectivity index (χ2v) is 5.86. The van der Waals surface area contributed by atoms with Crippen molar-refractivity contribution in [2.24, 2.45) is 11.3 Å². The van der Waals surface area contributed by atoms with Gasteiger partial charge in [-0.25, -0.2) is 0 Å². The average Bonchev–Trinajstić information content (AvgIpc) is 2.39. The molecule has 3 nitrogen and oxygen atoms in total. The van der Waals surface area contributed by atoms with Crippen LogP contribution in [0.15, 0.2) is 0 Å². The van der Waals surface area contributed by atoms with Crippen LogP contribution in [0.25, 0.3) is 0 Å². The smallest absolute Gasteiger partial charge is 0.216 e. The Morgan fingerprint density at radius 3 is 2.47 bits per heavy atom. The van der Waals surface area contributed by atoms with Crippen molar-refractivity contribution in [1.82, 2.24) is 10.6 Å². The van der Waals surface area contributed by atoms with Crippen molar-refractivity contribution < 1.29 is 4.79 Å². The minimum absolute atomic E-state index is 0.129. The molecule has 2 rings (SSSR count). The molecule has 1 aliphatic carbocycles. The lowest BCUT2D eigenvalue weighted by molar-refractivity contribution is -0.120. The summed E-state index contributed by atoms with van der Waals surface area (Å²) in [5, 5.41) is 6.54. The highest BCUT2D eigenvalue weighted by atomic mass is 16.1. The van der Waals surface area contributed by atoms with Crippen LogP contribution in [0.1, 0.15) is 51.9 Å². The molecule has 98 valence electrons. The summed E-state index contributed by atoms with van der Waals surface area (Å²) in [5.41, 5.74) is 0.409. The number of carbonyl (C=O) groups excluding carboxylic acids is 1. The van der Waals surface area contributed by atoms with E-state index in [0.29, 0.717) is 5.41 Å². The Morgan fingerprint density at radius 1 is 1.24 bits per heavy atom. The van der Waals surface area contributed by atoms with Crippen molar-refractivity contribution in [2.75, 3.05) is 19.6 Å². The second-order valence-electron chi connectivity index (χ2n) is 5.86. The van der Waals surface area contributed by atoms with Crippen LogP contribution in [-0.4, -0.2) is 25.5 Å². The largest absolute Gasteiger partial charge is 0.356 e. The average molecular weight is 238 g/mol. The predicted octanol–water partition coefficient (Wildman–Crippen LogP) is 2.07. The van der Waals surface area contributed by atoms with Gasteiger partial charge in [0.25, 0.3) is 0 Å². The molecule has 17 heavy (non-hydrogen) atoms. The zero-order valence-electron chi connectivity index (χ0n) is 11.1. The summed E-state index contributed by atoms with van der Waals surface area (Å²) in [5.74, 6) is 0.944. The summed E-state index contributed by atoms with van der Waals surface area (Å²) in [6.07, 6.45) is 9.30. The van der Waals surface area contributed by atoms with E-state index >= 15 is 0 Å². The van der Waals surface area contributed by atoms with Gasteiger partial charge in [-0.3, -0.25) is 4.79 Å². The van der Waals surface area contributed by atoms with Gasteiger partial charge in [-0.2, -0.15) is 0 Å². The summed E-state index contributed by atoms with van der Waals surface area (Å²) in [6, 6.07) is 0. The van der Waals surface area contributed by atoms with Crippen LogP contribution < -0.4 is 10.6 Å². The first-order valence-electron chi connectivity index (χ1n) is 7.18. The molecule has 0 atom stereocenters. The van der Waals surface area contributed by atoms with E-state index in [0.717, 1.165) is 25.6 Å². The molecule has 1 amide bonds. The number of piperidine rings is 1. The van der Waals surface area contributed by atoms with Crippen LogP contribution in [0.5, 0.6) is 0 Å². The predicted molar refractivity (Wildman–Crippen MR) is 69.8 cm³/mol. The van der Waals surface area contributed by atoms with Crippen LogP contribution in [0.4, 0.5) is 0 Å². The van der Waals surface area contributed by atoms with E-state index in [9.17, 15) is 4.79 Å². The number of hydrogen-bond acceptors (Lipinski definition) is 2. The molecule has 2 aliphatic rings. The van der Waals surface area contributed by atoms with Crippen molar-refractivity contribution >= 4 is 5.91 Å². The molecular formula is C14H26N2O. The molecule has 0 aromatic rings. The molecule has 0 unspecified atom stereocenters. The van der Waals surface area contributed by atoms with Crippen LogP contribution in [0.2, 0.25) is 0 Å². The zero-order chi connectivity index (χ0) is 12.1. The third kappa shape index (κ3) is 3.21. The Kier molecular flexibility index (Phi) is 4.43. The molecular weight excluding hydrogens is 212 g/mol. The lowest BCUT2D eigenvalue weighted by Gasteiger charge is -2.45. The van der Waals surface area contributed by atoms with Crippen molar-refractivity contribution in [3.63, 3.8) is 0 Å². The van der Waals surface area contributed by atoms with Gasteiger partial charge in [-0.05, 0) is 50.1 Å². The van der Waals surface area contributed by atoms with Crippen LogP contribution in [0, 0.1) is 11.3 Å². The van der Waals surface area contributed by atoms with Crippen molar-refractivity contribution in [3.8, 4) is 0 Å². The molecule has 0 spiro atoms. The summed E-state index contributed by atoms with van der Waals surface area (Å²) in [4.78, 5) is 11.2. The Balaban J connectivity index is 2.01. The molecule has 1 saturated heterocycles. The summed E-state index contributed by atoms with van der Waals surface area (Å²) in [6.45, 7) is 4.87. The summed E-state index contributed by atoms with van der Waals surface area (Å²) >= 11 is 0. The topological polar surface area (TPSA) is 41.1 Å². The fraction of sp³-hybridized carbons (Fsp3) is 0.929. The van der Waals surface area contributed by atoms with E-state index < -0.39 is 0 Å². The molecule has 1 heterocycles. The van der Waals surface area contributed by atoms with Crippen molar-refractivity contribution in [3.05, 3.63) is 0 Å². The van der Waals surface area contributed by atoms with Gasteiger partial charge >= 0.3 is 0 Å². The fourth-order valence-corrected chi connectivity index (χ4v) is 3.72. The quantitative estimate of drug-likeness (QED) is 0.790. The number of hydrogen-bond donors (Lipinski definition) is 2. The normalized spacial score (nSPS) is 25.5. The van der Waals surface area contributed by atoms with Crippen LogP contribution in [-0.2, 0) is 4.79 Å². The first-order chi connectivity index (χ1) is 8.23. The molecule has 0 aromatic carbocycles. The van der Waals surface area contributed by atoms with E-state index in [-0.39, 0.29) is 5.91 Å². The molecule has 0 radical (unpaired) electrons. The van der Waals surface area contributed by atoms with Gasteiger partial charge in [-0.1, -0.05) is 19.3 Å². The highest BCUT2D eigenvalue weighted by Gasteiger charge is 2.39. The minimum Gasteiger partial charge on any atom is -0.356 e. The molecule has 3 heteroatoms. The van der Waals surface area contributed by atoms with Gasteiger partial charge in [0.05, 0.1) is 0 Å². The van der Waals surface area contributed by atoms with Gasteiger partial charge in [-0.15, -0.1) is 0 Å². The maximum Gasteiger partial charge on any atom is 0.216 e. The van der Waals surface area contributed by atoms with Crippen molar-refractivity contribution in [2.45, 2.75) is 51.9 Å². The van der Waals surface area contributed by atoms with Gasteiger partial charge in [0.1, 0.15) is 0 Å². The zero-order valence-corrected chi connectivity index (χ0v) is 11.1. The van der Waals surface area contributed by atoms with Gasteiger partial charge in [0.2, 0.25) is 5.91 Å². The maximum absolute atomic E-state index is 11.2. The van der Waals surface area contributed by atoms with E-state index in [1.807, 2.05) is 0 Å². The molecule has 0 bridgehead atoms. The Hall–Kier alpha value is -0.570. The van der Waals surface area contributed by atoms with Gasteiger partial charge < -0.3 is 10.6 Å². The molecule has 2 N–H and O–H groups in total. The Morgan fingerprint density at radius 2 is 1.88 bits per heavy atom. The van der Waals surface area contributed by atoms with Crippen molar-refractivity contribution in [1.29, 1.82) is 0 Å². The first kappa shape index (κ1) is 12.9. The second kappa shape index (κ2) is 5.85. The van der Waals surface area contributed by atoms with E-state index in [4.69, 9.17) is 0 Å². The number of nitrogens with one attached hydrogen (secondary N) is 2. The van der Waals surface area contributed by atoms with E-state index in [1.54, 1.807) is 6.92 Å². The summed E-state index contributed by atoms with van der Waals surface area (Å²) in [7, 11) is 0. The molecule has 1 saturated carbocycles. The Labute approximate surface area is 105 Å². The molecule has 2 fully saturated rings. The lowest BCUT2D eigenvalue weighted by atomic mass is 9.63. The first-order valence-corrected chi connectivity index (χ1v) is 7.18. The molecule has 1 aliphatic heterocycles. The molecule has 0 aromatic heterocycles. The highest BCUT2D eigenvalue weighted by Crippen LogP contribution is 2.45. The monoisotopic (exact) mass is 238 g/mol. The van der Waals surface area contributed by atoms with E-state index in [1.165, 1.54) is 44.9 Å².